The van der Waals surface area contributed by atoms with E-state index in [-0.39, 0.29) is 112 Å². The summed E-state index contributed by atoms with van der Waals surface area (Å²) in [5.74, 6) is 3.09. The maximum Gasteiger partial charge on any atom is 4.00 e. The summed E-state index contributed by atoms with van der Waals surface area (Å²) in [5.41, 5.74) is 25.7. The molecule has 0 bridgehead atoms. The summed E-state index contributed by atoms with van der Waals surface area (Å²) in [6.45, 7) is 21.5. The average Bonchev–Trinajstić information content (AvgIpc) is 1.46. The third kappa shape index (κ3) is 17.5. The standard InChI is InChI=1S/C48H51N5O2.C48H53N5O2.3CH3.2Fe.Y/c1-8-52(9-2)36-28-29-40-43(32-36)55-45-34(25-30-44-47(3,4)39-20-12-13-22-42(39)51(44)7)17-14-21-41(45)48(40)38-19-11-10-18-37(38)46(54)53(48)49-31-15-16-33-23-26-35(27-24-33)50(5)6;1-8-53(9-2)36-28-29-39-43(32-36)55-46-34(25-30-44-48(3,4)41-21-12-13-22-42(41)52(44)7)17-14-20-40(46)45(39)37-18-10-11-19-38(37)47(54)50-49-31-15-16-33-23-26-35(27-24-33)51(5)6;;;;;;/h10-13,15-16,18-20,22-32H,8-9,14,17,21H2,1-7H3;10-13,15-16,18-19,21-32,35,54H,8-9,14,17,20H2,1-7H3;3*1H3;;;/q;;3*-1;+2;+4;/b16-15+,34-25+,44-30+,49-31-;31-15-,33-16?,34-25?,44-30?;;;;;;. The van der Waals surface area contributed by atoms with Gasteiger partial charge in [0, 0.05) is 188 Å². The Balaban J connectivity index is 0.000000276. The molecule has 0 fully saturated rings. The molecule has 6 aromatic rings. The predicted octanol–water partition coefficient (Wildman–Crippen LogP) is 21.4. The molecule has 599 valence electrons. The molecule has 1 amide bonds. The summed E-state index contributed by atoms with van der Waals surface area (Å²) < 4.78 is 16.4. The van der Waals surface area contributed by atoms with E-state index in [9.17, 15) is 9.90 Å². The molecule has 1 radical (unpaired) electrons. The summed E-state index contributed by atoms with van der Waals surface area (Å²) in [7, 11) is 12.5. The Morgan fingerprint density at radius 2 is 1.22 bits per heavy atom. The second-order valence-electron chi connectivity index (χ2n) is 30.7. The molecule has 6 aromatic carbocycles. The summed E-state index contributed by atoms with van der Waals surface area (Å²) in [4.78, 5) is 25.9. The van der Waals surface area contributed by atoms with E-state index < -0.39 is 5.54 Å². The first-order chi connectivity index (χ1) is 53.2. The van der Waals surface area contributed by atoms with Crippen LogP contribution in [-0.4, -0.2) is 108 Å². The van der Waals surface area contributed by atoms with Gasteiger partial charge in [0.2, 0.25) is 5.36 Å². The molecule has 17 heteroatoms. The van der Waals surface area contributed by atoms with Crippen molar-refractivity contribution in [3.63, 3.8) is 0 Å². The number of carbonyl (C=O) groups excluding carboxylic acids is 1. The van der Waals surface area contributed by atoms with Crippen LogP contribution in [0.3, 0.4) is 0 Å². The van der Waals surface area contributed by atoms with E-state index in [1.165, 1.54) is 39.5 Å². The number of anilines is 4. The summed E-state index contributed by atoms with van der Waals surface area (Å²) >= 11 is 0. The van der Waals surface area contributed by atoms with Crippen LogP contribution in [0, 0.1) is 22.3 Å². The normalized spacial score (nSPS) is 19.1. The van der Waals surface area contributed by atoms with Crippen LogP contribution in [0.4, 0.5) is 22.7 Å². The van der Waals surface area contributed by atoms with Gasteiger partial charge in [0.15, 0.2) is 5.90 Å². The number of fused-ring (bicyclic) bond motifs is 9. The van der Waals surface area contributed by atoms with Gasteiger partial charge in [0.25, 0.3) is 5.91 Å². The topological polar surface area (TPSA) is 121 Å². The van der Waals surface area contributed by atoms with Crippen molar-refractivity contribution in [1.82, 2.24) is 14.5 Å². The van der Waals surface area contributed by atoms with Gasteiger partial charge in [-0.3, -0.25) is 9.69 Å². The number of rotatable bonds is 17. The number of hydrogen-bond acceptors (Lipinski definition) is 10. The van der Waals surface area contributed by atoms with Crippen LogP contribution in [-0.2, 0) is 89.6 Å². The molecule has 4 aliphatic carbocycles. The van der Waals surface area contributed by atoms with Gasteiger partial charge in [0.05, 0.1) is 6.07 Å². The smallest absolute Gasteiger partial charge is 0.579 e. The van der Waals surface area contributed by atoms with E-state index in [1.54, 1.807) is 17.4 Å². The zero-order valence-electron chi connectivity index (χ0n) is 70.7. The van der Waals surface area contributed by atoms with Crippen molar-refractivity contribution in [2.24, 2.45) is 10.2 Å². The number of nitrogens with zero attached hydrogens (tertiary/aromatic N) is 10. The first-order valence-corrected chi connectivity index (χ1v) is 39.1. The number of aliphatic hydroxyl groups is 1. The van der Waals surface area contributed by atoms with E-state index in [0.29, 0.717) is 17.2 Å². The third-order valence-corrected chi connectivity index (χ3v) is 23.3. The van der Waals surface area contributed by atoms with E-state index in [4.69, 9.17) is 14.3 Å². The largest absolute Gasteiger partial charge is 4.00 e. The maximum absolute atomic E-state index is 14.7. The summed E-state index contributed by atoms with van der Waals surface area (Å²) in [6.07, 6.45) is 34.1. The van der Waals surface area contributed by atoms with Crippen LogP contribution >= 0.6 is 0 Å². The fourth-order valence-corrected chi connectivity index (χ4v) is 17.4. The van der Waals surface area contributed by atoms with Crippen LogP contribution in [0.15, 0.2) is 279 Å². The van der Waals surface area contributed by atoms with Gasteiger partial charge in [-0.05, 0) is 186 Å². The molecule has 0 saturated carbocycles. The maximum atomic E-state index is 14.7. The first kappa shape index (κ1) is 92.2. The van der Waals surface area contributed by atoms with Gasteiger partial charge >= 0.3 is 34.1 Å². The molecular weight excluding hydrogens is 1590 g/mol. The fourth-order valence-electron chi connectivity index (χ4n) is 17.4. The number of amides is 1. The molecule has 1 atom stereocenters. The fraction of sp³-hybridized carbons (Fsp3) is 0.283. The Bertz CT molecular complexity index is 5310. The molecule has 1 N–H and O–H groups in total. The van der Waals surface area contributed by atoms with Crippen molar-refractivity contribution in [2.45, 2.75) is 116 Å². The molecule has 0 saturated heterocycles. The van der Waals surface area contributed by atoms with Gasteiger partial charge in [0.1, 0.15) is 41.7 Å². The molecule has 1 spiro atoms. The molecule has 9 aliphatic rings. The predicted molar refractivity (Wildman–Crippen MR) is 476 cm³/mol. The van der Waals surface area contributed by atoms with Crippen LogP contribution in [0.25, 0.3) is 39.5 Å². The molecule has 15 rings (SSSR count). The van der Waals surface area contributed by atoms with Crippen molar-refractivity contribution in [3.05, 3.63) is 348 Å². The van der Waals surface area contributed by atoms with Gasteiger partial charge in [-0.1, -0.05) is 173 Å². The Morgan fingerprint density at radius 3 is 1.83 bits per heavy atom. The number of ether oxygens (including phenoxy) is 1. The molecule has 116 heavy (non-hydrogen) atoms. The molecule has 14 nitrogen and oxygen atoms in total. The zero-order valence-corrected chi connectivity index (χ0v) is 75.7. The van der Waals surface area contributed by atoms with Crippen LogP contribution in [0.5, 0.6) is 5.75 Å². The van der Waals surface area contributed by atoms with E-state index in [2.05, 4.69) is 293 Å². The van der Waals surface area contributed by atoms with Crippen molar-refractivity contribution >= 4 is 52.4 Å². The van der Waals surface area contributed by atoms with Gasteiger partial charge in [-0.15, -0.1) is 0 Å². The number of benzene rings is 7. The molecule has 1 unspecified atom stereocenters. The van der Waals surface area contributed by atoms with E-state index >= 15 is 0 Å². The summed E-state index contributed by atoms with van der Waals surface area (Å²) in [5, 5.41) is 23.6. The van der Waals surface area contributed by atoms with Gasteiger partial charge in [-0.2, -0.15) is 11.3 Å². The average molecular weight is 1710 g/mol. The Labute approximate surface area is 737 Å². The number of para-hydroxylation sites is 2. The second kappa shape index (κ2) is 39.3. The van der Waals surface area contributed by atoms with Crippen LogP contribution in [0.2, 0.25) is 0 Å². The minimum atomic E-state index is -0.970. The number of hydrogen-bond donors (Lipinski definition) is 1. The van der Waals surface area contributed by atoms with Crippen molar-refractivity contribution in [2.75, 3.05) is 88.1 Å². The van der Waals surface area contributed by atoms with E-state index in [1.807, 2.05) is 74.8 Å². The minimum absolute atomic E-state index is 0. The first-order valence-electron chi connectivity index (χ1n) is 39.1. The number of allylic oxidation sites excluding steroid dienone is 14. The van der Waals surface area contributed by atoms with Crippen LogP contribution < -0.4 is 34.3 Å². The zero-order chi connectivity index (χ0) is 77.2. The van der Waals surface area contributed by atoms with E-state index in [0.717, 1.165) is 160 Å². The Hall–Kier alpha value is -9.34. The number of likely N-dealkylation sites (N-methyl/N-ethyl adjacent to an activating group) is 3. The number of hydrazone groups is 1. The second-order valence-corrected chi connectivity index (χ2v) is 30.7. The summed E-state index contributed by atoms with van der Waals surface area (Å²) in [6, 6.07) is 55.0. The van der Waals surface area contributed by atoms with Crippen molar-refractivity contribution < 1.29 is 85.9 Å². The monoisotopic (exact) mass is 1710 g/mol. The Kier molecular flexibility index (Phi) is 31.2. The molecular formula is C99H113Fe2N10O4Y+3. The third-order valence-electron chi connectivity index (χ3n) is 23.3. The van der Waals surface area contributed by atoms with Gasteiger partial charge < -0.3 is 66.7 Å². The number of aliphatic hydroxyl groups excluding tert-OH is 1. The van der Waals surface area contributed by atoms with Crippen molar-refractivity contribution in [3.8, 4) is 28.2 Å². The number of carbonyl (C=O) groups is 1. The minimum Gasteiger partial charge on any atom is -0.579 e. The SMILES string of the molecule is CCN(CC)c1ccc2c(c1)OC1=C(CCC/C1=C\C=C1\N(C)c3ccccc3C1(C)C)C21c2ccccc2C(=O)N1/N=C\C=C\c1ccc(N(C)C)cc1.CC[N+](CC)=c1ccc2c(-c3ccccc3C(O)=N[N-]/C=C\C=C3C=CC(N(C)C)C=C3)c3c(oc-2c1)C(=CC=C1N(C)c2ccccc2C1(C)C)CCC3.[CH3-].[CH3-].[CH3-].[Fe+2].[Fe+4].[Y]. The Morgan fingerprint density at radius 1 is 0.638 bits per heavy atom. The quantitative estimate of drug-likeness (QED) is 0.0237. The van der Waals surface area contributed by atoms with Crippen molar-refractivity contribution in [1.29, 1.82) is 0 Å². The van der Waals surface area contributed by atoms with Gasteiger partial charge in [-0.25, -0.2) is 9.58 Å². The molecule has 0 aromatic heterocycles. The molecule has 5 aliphatic heterocycles. The van der Waals surface area contributed by atoms with Crippen LogP contribution in [0.1, 0.15) is 143 Å². The molecule has 5 heterocycles.